The summed E-state index contributed by atoms with van der Waals surface area (Å²) in [5.74, 6) is 0.648. The average Bonchev–Trinajstić information content (AvgIpc) is 2.61. The third-order valence-corrected chi connectivity index (χ3v) is 3.92. The van der Waals surface area contributed by atoms with Crippen LogP contribution in [-0.2, 0) is 6.61 Å². The van der Waals surface area contributed by atoms with E-state index in [0.29, 0.717) is 18.1 Å². The fourth-order valence-corrected chi connectivity index (χ4v) is 2.51. The molecular formula is C21H19NO2. The number of aromatic nitrogens is 1. The summed E-state index contributed by atoms with van der Waals surface area (Å²) >= 11 is 0. The summed E-state index contributed by atoms with van der Waals surface area (Å²) in [6, 6.07) is 19.6. The number of ketones is 1. The largest absolute Gasteiger partial charge is 0.473 e. The maximum atomic E-state index is 11.6. The molecule has 0 amide bonds. The standard InChI is InChI=1S/C21H19NO2/c1-15-8-9-18(16(2)23)12-20(15)19-10-11-21(22-13-19)24-14-17-6-4-3-5-7-17/h3-13H,14H2,1-2H3. The van der Waals surface area contributed by atoms with Gasteiger partial charge >= 0.3 is 0 Å². The number of rotatable bonds is 5. The van der Waals surface area contributed by atoms with Crippen molar-refractivity contribution in [3.63, 3.8) is 0 Å². The predicted octanol–water partition coefficient (Wildman–Crippen LogP) is 4.84. The minimum atomic E-state index is 0.0621. The first kappa shape index (κ1) is 15.9. The van der Waals surface area contributed by atoms with E-state index < -0.39 is 0 Å². The molecule has 3 rings (SSSR count). The molecule has 0 atom stereocenters. The lowest BCUT2D eigenvalue weighted by Gasteiger charge is -2.09. The Kier molecular flexibility index (Phi) is 4.71. The van der Waals surface area contributed by atoms with Crippen molar-refractivity contribution in [3.05, 3.63) is 83.6 Å². The lowest BCUT2D eigenvalue weighted by atomic mass is 9.98. The number of nitrogens with zero attached hydrogens (tertiary/aromatic N) is 1. The lowest BCUT2D eigenvalue weighted by Crippen LogP contribution is -1.97. The fraction of sp³-hybridized carbons (Fsp3) is 0.143. The van der Waals surface area contributed by atoms with E-state index in [9.17, 15) is 4.79 Å². The Morgan fingerprint density at radius 3 is 2.50 bits per heavy atom. The highest BCUT2D eigenvalue weighted by atomic mass is 16.5. The van der Waals surface area contributed by atoms with Crippen molar-refractivity contribution in [1.82, 2.24) is 4.98 Å². The van der Waals surface area contributed by atoms with E-state index in [2.05, 4.69) is 4.98 Å². The van der Waals surface area contributed by atoms with Gasteiger partial charge in [-0.3, -0.25) is 4.79 Å². The summed E-state index contributed by atoms with van der Waals surface area (Å²) in [6.07, 6.45) is 1.78. The number of benzene rings is 2. The zero-order valence-electron chi connectivity index (χ0n) is 13.8. The maximum Gasteiger partial charge on any atom is 0.213 e. The van der Waals surface area contributed by atoms with E-state index in [-0.39, 0.29) is 5.78 Å². The molecule has 1 heterocycles. The summed E-state index contributed by atoms with van der Waals surface area (Å²) in [7, 11) is 0. The number of ether oxygens (including phenoxy) is 1. The van der Waals surface area contributed by atoms with Gasteiger partial charge in [0.25, 0.3) is 0 Å². The van der Waals surface area contributed by atoms with Gasteiger partial charge < -0.3 is 4.74 Å². The smallest absolute Gasteiger partial charge is 0.213 e. The molecule has 1 aromatic heterocycles. The first-order valence-electron chi connectivity index (χ1n) is 7.88. The number of hydrogen-bond acceptors (Lipinski definition) is 3. The summed E-state index contributed by atoms with van der Waals surface area (Å²) in [6.45, 7) is 4.10. The first-order valence-corrected chi connectivity index (χ1v) is 7.88. The molecule has 3 aromatic rings. The van der Waals surface area contributed by atoms with Gasteiger partial charge in [0.2, 0.25) is 5.88 Å². The molecule has 3 heteroatoms. The quantitative estimate of drug-likeness (QED) is 0.632. The van der Waals surface area contributed by atoms with Gasteiger partial charge in [0.1, 0.15) is 6.61 Å². The molecule has 0 fully saturated rings. The zero-order chi connectivity index (χ0) is 16.9. The van der Waals surface area contributed by atoms with Gasteiger partial charge in [-0.05, 0) is 42.7 Å². The topological polar surface area (TPSA) is 39.2 Å². The van der Waals surface area contributed by atoms with Gasteiger partial charge in [-0.25, -0.2) is 4.98 Å². The monoisotopic (exact) mass is 317 g/mol. The number of pyridine rings is 1. The third kappa shape index (κ3) is 3.69. The minimum absolute atomic E-state index is 0.0621. The number of aryl methyl sites for hydroxylation is 1. The van der Waals surface area contributed by atoms with E-state index in [4.69, 9.17) is 4.74 Å². The van der Waals surface area contributed by atoms with Crippen LogP contribution < -0.4 is 4.74 Å². The second-order valence-electron chi connectivity index (χ2n) is 5.75. The number of carbonyl (C=O) groups excluding carboxylic acids is 1. The zero-order valence-corrected chi connectivity index (χ0v) is 13.8. The Balaban J connectivity index is 1.77. The van der Waals surface area contributed by atoms with Gasteiger partial charge in [0.15, 0.2) is 5.78 Å². The number of carbonyl (C=O) groups is 1. The third-order valence-electron chi connectivity index (χ3n) is 3.92. The van der Waals surface area contributed by atoms with Crippen LogP contribution in [0.25, 0.3) is 11.1 Å². The second-order valence-corrected chi connectivity index (χ2v) is 5.75. The maximum absolute atomic E-state index is 11.6. The normalized spacial score (nSPS) is 10.4. The highest BCUT2D eigenvalue weighted by Gasteiger charge is 2.07. The molecule has 0 saturated carbocycles. The van der Waals surface area contributed by atoms with Crippen LogP contribution in [0, 0.1) is 6.92 Å². The molecule has 0 aliphatic heterocycles. The summed E-state index contributed by atoms with van der Waals surface area (Å²) in [5, 5.41) is 0. The van der Waals surface area contributed by atoms with E-state index >= 15 is 0 Å². The van der Waals surface area contributed by atoms with Gasteiger partial charge in [0.05, 0.1) is 0 Å². The molecule has 0 aliphatic carbocycles. The van der Waals surface area contributed by atoms with Crippen LogP contribution in [0.3, 0.4) is 0 Å². The lowest BCUT2D eigenvalue weighted by molar-refractivity contribution is 0.101. The molecule has 24 heavy (non-hydrogen) atoms. The molecule has 0 N–H and O–H groups in total. The number of Topliss-reactive ketones (excluding diaryl/α,β-unsaturated/α-hetero) is 1. The Labute approximate surface area is 142 Å². The minimum Gasteiger partial charge on any atom is -0.473 e. The van der Waals surface area contributed by atoms with Gasteiger partial charge in [-0.2, -0.15) is 0 Å². The first-order chi connectivity index (χ1) is 11.6. The molecule has 2 aromatic carbocycles. The van der Waals surface area contributed by atoms with E-state index in [0.717, 1.165) is 22.3 Å². The Hall–Kier alpha value is -2.94. The molecule has 0 unspecified atom stereocenters. The van der Waals surface area contributed by atoms with Crippen molar-refractivity contribution in [2.45, 2.75) is 20.5 Å². The van der Waals surface area contributed by atoms with Crippen molar-refractivity contribution >= 4 is 5.78 Å². The highest BCUT2D eigenvalue weighted by molar-refractivity contribution is 5.95. The SMILES string of the molecule is CC(=O)c1ccc(C)c(-c2ccc(OCc3ccccc3)nc2)c1. The van der Waals surface area contributed by atoms with Crippen molar-refractivity contribution in [3.8, 4) is 17.0 Å². The highest BCUT2D eigenvalue weighted by Crippen LogP contribution is 2.25. The summed E-state index contributed by atoms with van der Waals surface area (Å²) < 4.78 is 5.71. The van der Waals surface area contributed by atoms with Crippen LogP contribution in [0.4, 0.5) is 0 Å². The molecule has 0 radical (unpaired) electrons. The van der Waals surface area contributed by atoms with Crippen molar-refractivity contribution in [2.24, 2.45) is 0 Å². The fourth-order valence-electron chi connectivity index (χ4n) is 2.51. The van der Waals surface area contributed by atoms with E-state index in [1.165, 1.54) is 0 Å². The van der Waals surface area contributed by atoms with Crippen molar-refractivity contribution in [2.75, 3.05) is 0 Å². The van der Waals surface area contributed by atoms with Crippen LogP contribution >= 0.6 is 0 Å². The second kappa shape index (κ2) is 7.09. The molecule has 3 nitrogen and oxygen atoms in total. The van der Waals surface area contributed by atoms with Gasteiger partial charge in [-0.1, -0.05) is 42.5 Å². The predicted molar refractivity (Wildman–Crippen MR) is 95.2 cm³/mol. The van der Waals surface area contributed by atoms with Crippen LogP contribution in [0.15, 0.2) is 66.9 Å². The molecular weight excluding hydrogens is 298 g/mol. The molecule has 0 saturated heterocycles. The summed E-state index contributed by atoms with van der Waals surface area (Å²) in [5.41, 5.74) is 4.92. The number of hydrogen-bond donors (Lipinski definition) is 0. The van der Waals surface area contributed by atoms with E-state index in [1.54, 1.807) is 13.1 Å². The van der Waals surface area contributed by atoms with Crippen molar-refractivity contribution < 1.29 is 9.53 Å². The van der Waals surface area contributed by atoms with Crippen molar-refractivity contribution in [1.29, 1.82) is 0 Å². The van der Waals surface area contributed by atoms with Gasteiger partial charge in [0, 0.05) is 23.4 Å². The van der Waals surface area contributed by atoms with Gasteiger partial charge in [-0.15, -0.1) is 0 Å². The van der Waals surface area contributed by atoms with Crippen LogP contribution in [0.2, 0.25) is 0 Å². The Morgan fingerprint density at radius 1 is 1.04 bits per heavy atom. The Morgan fingerprint density at radius 2 is 1.83 bits per heavy atom. The average molecular weight is 317 g/mol. The molecule has 0 aliphatic rings. The molecule has 0 spiro atoms. The Bertz CT molecular complexity index is 839. The molecule has 0 bridgehead atoms. The summed E-state index contributed by atoms with van der Waals surface area (Å²) in [4.78, 5) is 16.0. The van der Waals surface area contributed by atoms with Crippen LogP contribution in [0.5, 0.6) is 5.88 Å². The van der Waals surface area contributed by atoms with Crippen LogP contribution in [-0.4, -0.2) is 10.8 Å². The van der Waals surface area contributed by atoms with E-state index in [1.807, 2.05) is 67.6 Å². The molecule has 120 valence electrons. The van der Waals surface area contributed by atoms with Crippen LogP contribution in [0.1, 0.15) is 28.4 Å².